The number of H-pyrrole nitrogens is 1. The van der Waals surface area contributed by atoms with E-state index in [1.807, 2.05) is 6.20 Å². The van der Waals surface area contributed by atoms with Gasteiger partial charge in [0.15, 0.2) is 11.6 Å². The molecule has 0 amide bonds. The summed E-state index contributed by atoms with van der Waals surface area (Å²) in [5.41, 5.74) is 9.30. The van der Waals surface area contributed by atoms with Gasteiger partial charge in [0, 0.05) is 11.9 Å². The lowest BCUT2D eigenvalue weighted by atomic mass is 10.2. The summed E-state index contributed by atoms with van der Waals surface area (Å²) in [5.74, 6) is 7.17. The molecule has 0 unspecified atom stereocenters. The molecule has 0 saturated heterocycles. The molecule has 3 aromatic rings. The second kappa shape index (κ2) is 5.90. The normalized spacial score (nSPS) is 10.8. The van der Waals surface area contributed by atoms with Crippen LogP contribution in [-0.4, -0.2) is 15.0 Å². The number of furan rings is 1. The van der Waals surface area contributed by atoms with Gasteiger partial charge in [0.25, 0.3) is 0 Å². The Labute approximate surface area is 127 Å². The van der Waals surface area contributed by atoms with Gasteiger partial charge in [-0.05, 0) is 30.2 Å². The van der Waals surface area contributed by atoms with Crippen LogP contribution in [0.2, 0.25) is 0 Å². The van der Waals surface area contributed by atoms with Gasteiger partial charge in [-0.1, -0.05) is 6.92 Å². The largest absolute Gasteiger partial charge is 0.463 e. The molecule has 0 spiro atoms. The fourth-order valence-corrected chi connectivity index (χ4v) is 2.27. The van der Waals surface area contributed by atoms with Gasteiger partial charge in [0.05, 0.1) is 12.8 Å². The van der Waals surface area contributed by atoms with Crippen molar-refractivity contribution >= 4 is 11.5 Å². The van der Waals surface area contributed by atoms with Crippen LogP contribution in [0.25, 0.3) is 11.5 Å². The van der Waals surface area contributed by atoms with Gasteiger partial charge in [-0.3, -0.25) is 5.01 Å². The highest BCUT2D eigenvalue weighted by atomic mass is 16.3. The molecule has 3 rings (SSSR count). The lowest BCUT2D eigenvalue weighted by Gasteiger charge is -2.19. The van der Waals surface area contributed by atoms with E-state index in [1.165, 1.54) is 16.9 Å². The molecular formula is C15H18N6O. The van der Waals surface area contributed by atoms with E-state index in [-0.39, 0.29) is 0 Å². The predicted molar refractivity (Wildman–Crippen MR) is 84.7 cm³/mol. The van der Waals surface area contributed by atoms with Gasteiger partial charge in [-0.25, -0.2) is 15.8 Å². The third-order valence-corrected chi connectivity index (χ3v) is 3.44. The molecular weight excluding hydrogens is 280 g/mol. The smallest absolute Gasteiger partial charge is 0.170 e. The second-order valence-electron chi connectivity index (χ2n) is 4.95. The quantitative estimate of drug-likeness (QED) is 0.491. The number of nitrogens with one attached hydrogen (secondary N) is 1. The van der Waals surface area contributed by atoms with Crippen molar-refractivity contribution in [3.8, 4) is 11.5 Å². The fourth-order valence-electron chi connectivity index (χ4n) is 2.27. The maximum atomic E-state index is 6.14. The highest BCUT2D eigenvalue weighted by Gasteiger charge is 2.16. The van der Waals surface area contributed by atoms with Crippen LogP contribution in [0.15, 0.2) is 41.4 Å². The topological polar surface area (TPSA) is 110 Å². The number of hydrazine groups is 1. The van der Waals surface area contributed by atoms with Gasteiger partial charge in [-0.2, -0.15) is 0 Å². The maximum Gasteiger partial charge on any atom is 0.170 e. The minimum Gasteiger partial charge on any atom is -0.463 e. The van der Waals surface area contributed by atoms with Gasteiger partial charge in [-0.15, -0.1) is 0 Å². The lowest BCUT2D eigenvalue weighted by molar-refractivity contribution is 0.580. The van der Waals surface area contributed by atoms with Crippen molar-refractivity contribution < 1.29 is 4.42 Å². The first kappa shape index (κ1) is 14.2. The molecule has 0 radical (unpaired) electrons. The summed E-state index contributed by atoms with van der Waals surface area (Å²) in [7, 11) is 0. The average molecular weight is 298 g/mol. The second-order valence-corrected chi connectivity index (χ2v) is 4.95. The molecule has 5 N–H and O–H groups in total. The summed E-state index contributed by atoms with van der Waals surface area (Å²) >= 11 is 0. The van der Waals surface area contributed by atoms with Crippen molar-refractivity contribution in [3.05, 3.63) is 48.2 Å². The molecule has 7 nitrogen and oxygen atoms in total. The Balaban J connectivity index is 1.86. The van der Waals surface area contributed by atoms with E-state index in [2.05, 4.69) is 27.9 Å². The van der Waals surface area contributed by atoms with Crippen LogP contribution in [-0.2, 0) is 13.0 Å². The summed E-state index contributed by atoms with van der Waals surface area (Å²) in [6, 6.07) is 5.65. The Hall–Kier alpha value is -2.80. The van der Waals surface area contributed by atoms with Crippen LogP contribution in [0.1, 0.15) is 18.2 Å². The Kier molecular flexibility index (Phi) is 3.80. The van der Waals surface area contributed by atoms with Gasteiger partial charge >= 0.3 is 0 Å². The van der Waals surface area contributed by atoms with Gasteiger partial charge in [0.1, 0.15) is 17.7 Å². The van der Waals surface area contributed by atoms with Crippen molar-refractivity contribution in [2.75, 3.05) is 10.7 Å². The third-order valence-electron chi connectivity index (χ3n) is 3.44. The van der Waals surface area contributed by atoms with Crippen LogP contribution in [0.5, 0.6) is 0 Å². The molecule has 114 valence electrons. The monoisotopic (exact) mass is 298 g/mol. The number of aryl methyl sites for hydroxylation is 1. The number of hydrogen-bond donors (Lipinski definition) is 3. The lowest BCUT2D eigenvalue weighted by Crippen LogP contribution is -2.32. The molecule has 0 atom stereocenters. The van der Waals surface area contributed by atoms with Gasteiger partial charge in [0.2, 0.25) is 0 Å². The van der Waals surface area contributed by atoms with E-state index in [0.717, 1.165) is 12.1 Å². The molecule has 0 aliphatic carbocycles. The van der Waals surface area contributed by atoms with Crippen molar-refractivity contribution in [3.63, 3.8) is 0 Å². The fraction of sp³-hybridized carbons (Fsp3) is 0.200. The Morgan fingerprint density at radius 1 is 1.36 bits per heavy atom. The summed E-state index contributed by atoms with van der Waals surface area (Å²) in [6.45, 7) is 2.57. The number of hydrogen-bond acceptors (Lipinski definition) is 6. The summed E-state index contributed by atoms with van der Waals surface area (Å²) in [4.78, 5) is 11.5. The molecule has 3 aromatic heterocycles. The minimum absolute atomic E-state index is 0.391. The number of anilines is 2. The molecule has 0 fully saturated rings. The first-order valence-corrected chi connectivity index (χ1v) is 7.01. The Morgan fingerprint density at radius 3 is 2.91 bits per heavy atom. The zero-order valence-corrected chi connectivity index (χ0v) is 12.3. The van der Waals surface area contributed by atoms with Crippen molar-refractivity contribution in [2.24, 2.45) is 5.84 Å². The van der Waals surface area contributed by atoms with E-state index < -0.39 is 0 Å². The molecule has 0 aliphatic heterocycles. The molecule has 3 heterocycles. The van der Waals surface area contributed by atoms with Crippen LogP contribution in [0, 0.1) is 0 Å². The SMILES string of the molecule is CCc1c[nH]c(CN(N)c2ncnc(-c3ccco3)c2N)c1. The Bertz CT molecular complexity index is 749. The number of aromatic amines is 1. The van der Waals surface area contributed by atoms with E-state index >= 15 is 0 Å². The number of nitrogen functional groups attached to an aromatic ring is 1. The molecule has 22 heavy (non-hydrogen) atoms. The predicted octanol–water partition coefficient (Wildman–Crippen LogP) is 2.09. The van der Waals surface area contributed by atoms with Crippen molar-refractivity contribution in [1.82, 2.24) is 15.0 Å². The number of aromatic nitrogens is 3. The average Bonchev–Trinajstić information content (AvgIpc) is 3.18. The highest BCUT2D eigenvalue weighted by molar-refractivity contribution is 5.78. The van der Waals surface area contributed by atoms with Crippen LogP contribution in [0.3, 0.4) is 0 Å². The Morgan fingerprint density at radius 2 is 2.23 bits per heavy atom. The maximum absolute atomic E-state index is 6.14. The first-order valence-electron chi connectivity index (χ1n) is 7.01. The van der Waals surface area contributed by atoms with Crippen molar-refractivity contribution in [1.29, 1.82) is 0 Å². The first-order chi connectivity index (χ1) is 10.7. The number of nitrogens with zero attached hydrogens (tertiary/aromatic N) is 3. The van der Waals surface area contributed by atoms with Crippen molar-refractivity contribution in [2.45, 2.75) is 19.9 Å². The summed E-state index contributed by atoms with van der Waals surface area (Å²) in [6.07, 6.45) is 5.94. The third kappa shape index (κ3) is 2.66. The molecule has 0 aromatic carbocycles. The summed E-state index contributed by atoms with van der Waals surface area (Å²) in [5, 5.41) is 1.49. The van der Waals surface area contributed by atoms with Crippen LogP contribution < -0.4 is 16.6 Å². The zero-order valence-electron chi connectivity index (χ0n) is 12.3. The van der Waals surface area contributed by atoms with Crippen LogP contribution >= 0.6 is 0 Å². The van der Waals surface area contributed by atoms with E-state index in [1.54, 1.807) is 18.4 Å². The molecule has 0 saturated carbocycles. The van der Waals surface area contributed by atoms with Gasteiger partial charge < -0.3 is 15.1 Å². The molecule has 0 aliphatic rings. The van der Waals surface area contributed by atoms with Crippen LogP contribution in [0.4, 0.5) is 11.5 Å². The molecule has 0 bridgehead atoms. The highest BCUT2D eigenvalue weighted by Crippen LogP contribution is 2.29. The number of nitrogens with two attached hydrogens (primary N) is 2. The van der Waals surface area contributed by atoms with E-state index in [0.29, 0.717) is 29.5 Å². The molecule has 7 heteroatoms. The number of rotatable bonds is 5. The standard InChI is InChI=1S/C15H18N6O/c1-2-10-6-11(18-7-10)8-21(17)15-13(16)14(19-9-20-15)12-4-3-5-22-12/h3-7,9,18H,2,8,16-17H2,1H3. The zero-order chi connectivity index (χ0) is 15.5. The minimum atomic E-state index is 0.391. The van der Waals surface area contributed by atoms with E-state index in [9.17, 15) is 0 Å². The van der Waals surface area contributed by atoms with E-state index in [4.69, 9.17) is 16.0 Å². The summed E-state index contributed by atoms with van der Waals surface area (Å²) < 4.78 is 5.34.